The van der Waals surface area contributed by atoms with Gasteiger partial charge in [0.25, 0.3) is 0 Å². The first kappa shape index (κ1) is 30.8. The molecule has 1 saturated heterocycles. The Labute approximate surface area is 270 Å². The van der Waals surface area contributed by atoms with Gasteiger partial charge in [0.15, 0.2) is 5.78 Å². The lowest BCUT2D eigenvalue weighted by Crippen LogP contribution is -2.52. The van der Waals surface area contributed by atoms with E-state index in [4.69, 9.17) is 21.1 Å². The molecule has 2 heterocycles. The van der Waals surface area contributed by atoms with Gasteiger partial charge in [-0.25, -0.2) is 0 Å². The van der Waals surface area contributed by atoms with Crippen LogP contribution >= 0.6 is 11.6 Å². The van der Waals surface area contributed by atoms with E-state index < -0.39 is 6.04 Å². The Bertz CT molecular complexity index is 1660. The van der Waals surface area contributed by atoms with Crippen LogP contribution in [0.5, 0.6) is 11.5 Å². The van der Waals surface area contributed by atoms with Gasteiger partial charge in [-0.1, -0.05) is 43.6 Å². The molecule has 0 aromatic heterocycles. The smallest absolute Gasteiger partial charge is 0.242 e. The van der Waals surface area contributed by atoms with Gasteiger partial charge in [-0.05, 0) is 60.7 Å². The maximum atomic E-state index is 14.2. The highest BCUT2D eigenvalue weighted by molar-refractivity contribution is 6.30. The molecule has 1 atom stereocenters. The zero-order valence-electron chi connectivity index (χ0n) is 26.7. The standard InChI is InChI=1S/C36H41ClN4O4/c1-23-10-11-24(37)18-30(23)39-14-16-40(17-15-39)33(43)22-41-29-9-7-6-8-27(29)38-28-20-36(2,3)21-31(42)34(28)35(41)26-13-12-25(44-4)19-32(26)45-5/h6-13,18-19,35,38H,14-17,20-22H2,1-5H3. The molecule has 8 nitrogen and oxygen atoms in total. The van der Waals surface area contributed by atoms with E-state index in [1.54, 1.807) is 14.2 Å². The van der Waals surface area contributed by atoms with Crippen LogP contribution in [0.1, 0.15) is 43.9 Å². The van der Waals surface area contributed by atoms with Gasteiger partial charge in [0.2, 0.25) is 5.91 Å². The fourth-order valence-corrected chi connectivity index (χ4v) is 7.13. The van der Waals surface area contributed by atoms with Crippen molar-refractivity contribution in [2.45, 2.75) is 39.7 Å². The Hall–Kier alpha value is -4.17. The van der Waals surface area contributed by atoms with Crippen LogP contribution in [-0.2, 0) is 9.59 Å². The average Bonchev–Trinajstić information content (AvgIpc) is 3.15. The van der Waals surface area contributed by atoms with Crippen LogP contribution in [0, 0.1) is 12.3 Å². The highest BCUT2D eigenvalue weighted by atomic mass is 35.5. The van der Waals surface area contributed by atoms with Gasteiger partial charge in [0, 0.05) is 66.2 Å². The fraction of sp³-hybridized carbons (Fsp3) is 0.389. The Kier molecular flexibility index (Phi) is 8.44. The van der Waals surface area contributed by atoms with Gasteiger partial charge in [-0.3, -0.25) is 9.59 Å². The molecule has 0 spiro atoms. The number of ether oxygens (including phenoxy) is 2. The van der Waals surface area contributed by atoms with E-state index in [0.29, 0.717) is 61.1 Å². The lowest BCUT2D eigenvalue weighted by Gasteiger charge is -2.40. The van der Waals surface area contributed by atoms with Crippen LogP contribution in [0.25, 0.3) is 0 Å². The number of ketones is 1. The van der Waals surface area contributed by atoms with Gasteiger partial charge in [-0.2, -0.15) is 0 Å². The van der Waals surface area contributed by atoms with E-state index in [2.05, 4.69) is 35.9 Å². The summed E-state index contributed by atoms with van der Waals surface area (Å²) in [5, 5.41) is 4.34. The Morgan fingerprint density at radius 3 is 2.44 bits per heavy atom. The number of rotatable bonds is 6. The second-order valence-corrected chi connectivity index (χ2v) is 13.3. The van der Waals surface area contributed by atoms with Crippen molar-refractivity contribution >= 4 is 40.4 Å². The number of hydrogen-bond donors (Lipinski definition) is 1. The molecular formula is C36H41ClN4O4. The molecule has 45 heavy (non-hydrogen) atoms. The van der Waals surface area contributed by atoms with Gasteiger partial charge in [0.1, 0.15) is 11.5 Å². The maximum absolute atomic E-state index is 14.2. The lowest BCUT2D eigenvalue weighted by molar-refractivity contribution is -0.130. The lowest BCUT2D eigenvalue weighted by atomic mass is 9.73. The predicted octanol–water partition coefficient (Wildman–Crippen LogP) is 6.63. The number of carbonyl (C=O) groups excluding carboxylic acids is 2. The van der Waals surface area contributed by atoms with Crippen LogP contribution < -0.4 is 24.6 Å². The molecule has 0 radical (unpaired) electrons. The minimum atomic E-state index is -0.542. The number of Topliss-reactive ketones (excluding diaryl/α,β-unsaturated/α-hetero) is 1. The van der Waals surface area contributed by atoms with E-state index >= 15 is 0 Å². The summed E-state index contributed by atoms with van der Waals surface area (Å²) < 4.78 is 11.4. The second-order valence-electron chi connectivity index (χ2n) is 12.9. The summed E-state index contributed by atoms with van der Waals surface area (Å²) in [4.78, 5) is 34.6. The van der Waals surface area contributed by atoms with Crippen LogP contribution in [0.4, 0.5) is 17.1 Å². The maximum Gasteiger partial charge on any atom is 0.242 e. The minimum absolute atomic E-state index is 0.0115. The van der Waals surface area contributed by atoms with E-state index in [-0.39, 0.29) is 23.7 Å². The van der Waals surface area contributed by atoms with E-state index in [1.165, 1.54) is 0 Å². The van der Waals surface area contributed by atoms with Gasteiger partial charge in [-0.15, -0.1) is 0 Å². The number of carbonyl (C=O) groups is 2. The molecule has 0 bridgehead atoms. The summed E-state index contributed by atoms with van der Waals surface area (Å²) in [6.45, 7) is 9.05. The number of allylic oxidation sites excluding steroid dienone is 1. The molecule has 1 amide bonds. The second kappa shape index (κ2) is 12.3. The number of nitrogens with zero attached hydrogens (tertiary/aromatic N) is 3. The molecule has 3 aromatic carbocycles. The van der Waals surface area contributed by atoms with Crippen LogP contribution in [0.15, 0.2) is 71.9 Å². The SMILES string of the molecule is COc1ccc(C2C3=C(CC(C)(C)CC3=O)Nc3ccccc3N2CC(=O)N2CCN(c3cc(Cl)ccc3C)CC2)c(OC)c1. The number of benzene rings is 3. The van der Waals surface area contributed by atoms with Gasteiger partial charge >= 0.3 is 0 Å². The summed E-state index contributed by atoms with van der Waals surface area (Å²) in [6.07, 6.45) is 1.13. The average molecular weight is 629 g/mol. The summed E-state index contributed by atoms with van der Waals surface area (Å²) in [7, 11) is 3.24. The normalized spacial score (nSPS) is 19.4. The van der Waals surface area contributed by atoms with E-state index in [0.717, 1.165) is 33.9 Å². The molecule has 1 aliphatic carbocycles. The zero-order valence-corrected chi connectivity index (χ0v) is 27.4. The van der Waals surface area contributed by atoms with E-state index in [1.807, 2.05) is 65.6 Å². The number of fused-ring (bicyclic) bond motifs is 1. The predicted molar refractivity (Wildman–Crippen MR) is 180 cm³/mol. The third kappa shape index (κ3) is 6.08. The zero-order chi connectivity index (χ0) is 31.9. The molecule has 1 fully saturated rings. The third-order valence-corrected chi connectivity index (χ3v) is 9.42. The Morgan fingerprint density at radius 2 is 1.71 bits per heavy atom. The number of nitrogens with one attached hydrogen (secondary N) is 1. The molecular weight excluding hydrogens is 588 g/mol. The number of amides is 1. The van der Waals surface area contributed by atoms with E-state index in [9.17, 15) is 9.59 Å². The third-order valence-electron chi connectivity index (χ3n) is 9.19. The topological polar surface area (TPSA) is 74.4 Å². The molecule has 1 N–H and O–H groups in total. The number of methoxy groups -OCH3 is 2. The number of aryl methyl sites for hydroxylation is 1. The summed E-state index contributed by atoms with van der Waals surface area (Å²) in [6, 6.07) is 19.1. The van der Waals surface area contributed by atoms with Crippen LogP contribution in [0.2, 0.25) is 5.02 Å². The van der Waals surface area contributed by atoms with Crippen LogP contribution in [0.3, 0.4) is 0 Å². The molecule has 3 aliphatic rings. The largest absolute Gasteiger partial charge is 0.497 e. The first-order valence-corrected chi connectivity index (χ1v) is 15.9. The molecule has 2 aliphatic heterocycles. The fourth-order valence-electron chi connectivity index (χ4n) is 6.96. The molecule has 3 aromatic rings. The molecule has 236 valence electrons. The number of hydrogen-bond acceptors (Lipinski definition) is 7. The van der Waals surface area contributed by atoms with Gasteiger partial charge in [0.05, 0.1) is 38.2 Å². The molecule has 0 saturated carbocycles. The minimum Gasteiger partial charge on any atom is -0.497 e. The van der Waals surface area contributed by atoms with Crippen molar-refractivity contribution in [3.8, 4) is 11.5 Å². The first-order valence-electron chi connectivity index (χ1n) is 15.5. The quantitative estimate of drug-likeness (QED) is 0.328. The summed E-state index contributed by atoms with van der Waals surface area (Å²) in [5.41, 5.74) is 6.20. The molecule has 9 heteroatoms. The van der Waals surface area contributed by atoms with Crippen molar-refractivity contribution in [3.05, 3.63) is 88.1 Å². The summed E-state index contributed by atoms with van der Waals surface area (Å²) >= 11 is 6.31. The monoisotopic (exact) mass is 628 g/mol. The molecule has 1 unspecified atom stereocenters. The van der Waals surface area contributed by atoms with Crippen molar-refractivity contribution in [1.29, 1.82) is 0 Å². The van der Waals surface area contributed by atoms with Crippen molar-refractivity contribution < 1.29 is 19.1 Å². The van der Waals surface area contributed by atoms with Crippen molar-refractivity contribution in [2.24, 2.45) is 5.41 Å². The Balaban J connectivity index is 1.38. The first-order chi connectivity index (χ1) is 21.6. The Morgan fingerprint density at radius 1 is 0.956 bits per heavy atom. The number of anilines is 3. The number of piperazine rings is 1. The highest BCUT2D eigenvalue weighted by Crippen LogP contribution is 2.50. The molecule has 6 rings (SSSR count). The van der Waals surface area contributed by atoms with Gasteiger partial charge < -0.3 is 29.5 Å². The van der Waals surface area contributed by atoms with Crippen molar-refractivity contribution in [3.63, 3.8) is 0 Å². The highest BCUT2D eigenvalue weighted by Gasteiger charge is 2.43. The van der Waals surface area contributed by atoms with Crippen LogP contribution in [-0.4, -0.2) is 63.5 Å². The number of halogens is 1. The summed E-state index contributed by atoms with van der Waals surface area (Å²) in [5.74, 6) is 1.35. The van der Waals surface area contributed by atoms with Crippen molar-refractivity contribution in [1.82, 2.24) is 4.90 Å². The number of para-hydroxylation sites is 2. The van der Waals surface area contributed by atoms with Crippen molar-refractivity contribution in [2.75, 3.05) is 62.1 Å².